The molecule has 0 spiro atoms. The van der Waals surface area contributed by atoms with E-state index in [1.54, 1.807) is 0 Å². The van der Waals surface area contributed by atoms with Gasteiger partial charge in [-0.05, 0) is 6.92 Å². The van der Waals surface area contributed by atoms with E-state index in [0.717, 1.165) is 0 Å². The molecule has 2 aliphatic rings. The number of fused-ring (bicyclic) bond motifs is 1. The third-order valence-electron chi connectivity index (χ3n) is 3.43. The average Bonchev–Trinajstić information content (AvgIpc) is 2.42. The SMILES string of the molecule is CC(=O)N[C@H]1C(O)O[C@H](COC(C)=O)[C@H]2OC(=O)[C@@H](C)O[C@@H]21. The predicted octanol–water partition coefficient (Wildman–Crippen LogP) is -1.53. The molecule has 2 heterocycles. The summed E-state index contributed by atoms with van der Waals surface area (Å²) in [5, 5.41) is 12.6. The van der Waals surface area contributed by atoms with E-state index in [9.17, 15) is 19.5 Å². The van der Waals surface area contributed by atoms with Crippen molar-refractivity contribution in [1.82, 2.24) is 5.32 Å². The van der Waals surface area contributed by atoms with Crippen LogP contribution in [0.25, 0.3) is 0 Å². The number of amides is 1. The molecular weight excluding hydrogens is 298 g/mol. The summed E-state index contributed by atoms with van der Waals surface area (Å²) >= 11 is 0. The summed E-state index contributed by atoms with van der Waals surface area (Å²) in [6.07, 6.45) is -4.80. The van der Waals surface area contributed by atoms with Crippen LogP contribution < -0.4 is 5.32 Å². The van der Waals surface area contributed by atoms with E-state index in [1.165, 1.54) is 20.8 Å². The molecule has 2 saturated heterocycles. The van der Waals surface area contributed by atoms with E-state index >= 15 is 0 Å². The van der Waals surface area contributed by atoms with Gasteiger partial charge in [-0.1, -0.05) is 0 Å². The first kappa shape index (κ1) is 16.7. The zero-order valence-electron chi connectivity index (χ0n) is 12.5. The summed E-state index contributed by atoms with van der Waals surface area (Å²) in [7, 11) is 0. The molecule has 0 radical (unpaired) electrons. The van der Waals surface area contributed by atoms with Gasteiger partial charge in [0.15, 0.2) is 18.5 Å². The highest BCUT2D eigenvalue weighted by Crippen LogP contribution is 2.30. The molecule has 1 amide bonds. The van der Waals surface area contributed by atoms with E-state index in [0.29, 0.717) is 0 Å². The molecule has 2 rings (SSSR count). The maximum absolute atomic E-state index is 11.7. The number of hydrogen-bond acceptors (Lipinski definition) is 8. The predicted molar refractivity (Wildman–Crippen MR) is 69.3 cm³/mol. The maximum Gasteiger partial charge on any atom is 0.335 e. The molecule has 9 heteroatoms. The minimum absolute atomic E-state index is 0.203. The summed E-state index contributed by atoms with van der Waals surface area (Å²) < 4.78 is 21.0. The number of rotatable bonds is 3. The molecule has 0 aromatic rings. The van der Waals surface area contributed by atoms with Crippen LogP contribution in [0.3, 0.4) is 0 Å². The molecule has 2 fully saturated rings. The third kappa shape index (κ3) is 3.54. The van der Waals surface area contributed by atoms with Gasteiger partial charge in [0.1, 0.15) is 24.9 Å². The minimum atomic E-state index is -1.38. The van der Waals surface area contributed by atoms with Gasteiger partial charge in [-0.15, -0.1) is 0 Å². The van der Waals surface area contributed by atoms with Crippen LogP contribution in [0, 0.1) is 0 Å². The topological polar surface area (TPSA) is 120 Å². The summed E-state index contributed by atoms with van der Waals surface area (Å²) in [5.41, 5.74) is 0. The number of aliphatic hydroxyl groups excluding tert-OH is 1. The minimum Gasteiger partial charge on any atom is -0.463 e. The summed E-state index contributed by atoms with van der Waals surface area (Å²) in [4.78, 5) is 33.9. The Morgan fingerprint density at radius 1 is 1.27 bits per heavy atom. The van der Waals surface area contributed by atoms with Crippen LogP contribution in [-0.2, 0) is 33.3 Å². The Kier molecular flexibility index (Phi) is 4.99. The van der Waals surface area contributed by atoms with Crippen molar-refractivity contribution in [1.29, 1.82) is 0 Å². The van der Waals surface area contributed by atoms with Crippen molar-refractivity contribution in [2.24, 2.45) is 0 Å². The van der Waals surface area contributed by atoms with Gasteiger partial charge in [-0.2, -0.15) is 0 Å². The Labute approximate surface area is 126 Å². The Morgan fingerprint density at radius 3 is 2.55 bits per heavy atom. The van der Waals surface area contributed by atoms with Crippen molar-refractivity contribution in [3.05, 3.63) is 0 Å². The van der Waals surface area contributed by atoms with Crippen molar-refractivity contribution < 1.29 is 38.4 Å². The second-order valence-corrected chi connectivity index (χ2v) is 5.24. The standard InChI is InChI=1S/C13H19NO8/c1-5-12(17)22-10-8(4-19-7(3)16)21-13(18)9(11(10)20-5)14-6(2)15/h5,8-11,13,18H,4H2,1-3H3,(H,14,15)/t5-,8-,9-,10-,11-,13?/m1/s1. The highest BCUT2D eigenvalue weighted by atomic mass is 16.7. The first-order valence-corrected chi connectivity index (χ1v) is 6.89. The third-order valence-corrected chi connectivity index (χ3v) is 3.43. The van der Waals surface area contributed by atoms with Gasteiger partial charge in [-0.25, -0.2) is 4.79 Å². The Hall–Kier alpha value is -1.71. The number of carbonyl (C=O) groups is 3. The summed E-state index contributed by atoms with van der Waals surface area (Å²) in [6.45, 7) is 3.81. The number of esters is 2. The molecule has 0 bridgehead atoms. The van der Waals surface area contributed by atoms with Crippen molar-refractivity contribution in [2.75, 3.05) is 6.61 Å². The van der Waals surface area contributed by atoms with E-state index in [4.69, 9.17) is 18.9 Å². The zero-order valence-corrected chi connectivity index (χ0v) is 12.5. The number of nitrogens with one attached hydrogen (secondary N) is 1. The van der Waals surface area contributed by atoms with Crippen LogP contribution >= 0.6 is 0 Å². The lowest BCUT2D eigenvalue weighted by molar-refractivity contribution is -0.291. The van der Waals surface area contributed by atoms with Crippen molar-refractivity contribution in [3.63, 3.8) is 0 Å². The smallest absolute Gasteiger partial charge is 0.335 e. The quantitative estimate of drug-likeness (QED) is 0.602. The lowest BCUT2D eigenvalue weighted by atomic mass is 9.95. The largest absolute Gasteiger partial charge is 0.463 e. The van der Waals surface area contributed by atoms with Gasteiger partial charge in [0.05, 0.1) is 0 Å². The number of carbonyl (C=O) groups excluding carboxylic acids is 3. The van der Waals surface area contributed by atoms with Crippen molar-refractivity contribution in [3.8, 4) is 0 Å². The number of ether oxygens (including phenoxy) is 4. The monoisotopic (exact) mass is 317 g/mol. The molecule has 0 aromatic heterocycles. The Morgan fingerprint density at radius 2 is 1.95 bits per heavy atom. The van der Waals surface area contributed by atoms with Crippen LogP contribution in [0.4, 0.5) is 0 Å². The van der Waals surface area contributed by atoms with Crippen LogP contribution in [-0.4, -0.2) is 66.3 Å². The van der Waals surface area contributed by atoms with Crippen LogP contribution in [0.15, 0.2) is 0 Å². The van der Waals surface area contributed by atoms with Crippen LogP contribution in [0.2, 0.25) is 0 Å². The highest BCUT2D eigenvalue weighted by molar-refractivity contribution is 5.75. The molecular formula is C13H19NO8. The summed E-state index contributed by atoms with van der Waals surface area (Å²) in [5.74, 6) is -1.51. The molecule has 22 heavy (non-hydrogen) atoms. The molecule has 6 atom stereocenters. The average molecular weight is 317 g/mol. The molecule has 124 valence electrons. The molecule has 0 aromatic carbocycles. The van der Waals surface area contributed by atoms with Gasteiger partial charge in [-0.3, -0.25) is 9.59 Å². The zero-order chi connectivity index (χ0) is 16.4. The van der Waals surface area contributed by atoms with E-state index < -0.39 is 54.6 Å². The molecule has 0 saturated carbocycles. The van der Waals surface area contributed by atoms with Crippen molar-refractivity contribution >= 4 is 17.8 Å². The second kappa shape index (κ2) is 6.59. The fourth-order valence-corrected chi connectivity index (χ4v) is 2.47. The van der Waals surface area contributed by atoms with Gasteiger partial charge >= 0.3 is 11.9 Å². The Bertz CT molecular complexity index is 467. The van der Waals surface area contributed by atoms with Crippen LogP contribution in [0.1, 0.15) is 20.8 Å². The maximum atomic E-state index is 11.7. The molecule has 2 aliphatic heterocycles. The van der Waals surface area contributed by atoms with Gasteiger partial charge in [0, 0.05) is 13.8 Å². The van der Waals surface area contributed by atoms with E-state index in [-0.39, 0.29) is 6.61 Å². The normalized spacial score (nSPS) is 37.7. The fraction of sp³-hybridized carbons (Fsp3) is 0.769. The molecule has 1 unspecified atom stereocenters. The lowest BCUT2D eigenvalue weighted by Gasteiger charge is -2.47. The van der Waals surface area contributed by atoms with Gasteiger partial charge in [0.2, 0.25) is 5.91 Å². The number of hydrogen-bond donors (Lipinski definition) is 2. The first-order valence-electron chi connectivity index (χ1n) is 6.89. The molecule has 9 nitrogen and oxygen atoms in total. The van der Waals surface area contributed by atoms with Gasteiger partial charge < -0.3 is 29.4 Å². The summed E-state index contributed by atoms with van der Waals surface area (Å²) in [6, 6.07) is -0.897. The lowest BCUT2D eigenvalue weighted by Crippen LogP contribution is -2.68. The Balaban J connectivity index is 2.18. The number of aliphatic hydroxyl groups is 1. The van der Waals surface area contributed by atoms with Gasteiger partial charge in [0.25, 0.3) is 0 Å². The molecule has 0 aliphatic carbocycles. The first-order chi connectivity index (χ1) is 10.3. The van der Waals surface area contributed by atoms with E-state index in [1.807, 2.05) is 0 Å². The van der Waals surface area contributed by atoms with Crippen LogP contribution in [0.5, 0.6) is 0 Å². The fourth-order valence-electron chi connectivity index (χ4n) is 2.47. The molecule has 2 N–H and O–H groups in total. The highest BCUT2D eigenvalue weighted by Gasteiger charge is 2.52. The van der Waals surface area contributed by atoms with Crippen molar-refractivity contribution in [2.45, 2.75) is 57.5 Å². The second-order valence-electron chi connectivity index (χ2n) is 5.24. The van der Waals surface area contributed by atoms with E-state index in [2.05, 4.69) is 5.32 Å².